The highest BCUT2D eigenvalue weighted by Crippen LogP contribution is 2.41. The number of carboxylic acid groups (broad SMARTS) is 1. The van der Waals surface area contributed by atoms with Crippen molar-refractivity contribution in [1.29, 1.82) is 0 Å². The minimum atomic E-state index is -4.20. The van der Waals surface area contributed by atoms with Crippen molar-refractivity contribution < 1.29 is 27.4 Å². The summed E-state index contributed by atoms with van der Waals surface area (Å²) in [5.41, 5.74) is 4.97. The molecule has 1 saturated heterocycles. The Bertz CT molecular complexity index is 1880. The van der Waals surface area contributed by atoms with Gasteiger partial charge in [0.1, 0.15) is 15.7 Å². The van der Waals surface area contributed by atoms with Gasteiger partial charge in [0.15, 0.2) is 5.69 Å². The highest BCUT2D eigenvalue weighted by Gasteiger charge is 2.29. The fourth-order valence-electron chi connectivity index (χ4n) is 5.04. The van der Waals surface area contributed by atoms with E-state index in [1.165, 1.54) is 23.5 Å². The molecule has 11 heteroatoms. The quantitative estimate of drug-likeness (QED) is 0.270. The zero-order valence-electron chi connectivity index (χ0n) is 22.8. The Labute approximate surface area is 247 Å². The van der Waals surface area contributed by atoms with E-state index in [-0.39, 0.29) is 18.2 Å². The predicted octanol–water partition coefficient (Wildman–Crippen LogP) is 5.07. The van der Waals surface area contributed by atoms with E-state index in [1.807, 2.05) is 30.3 Å². The number of primary sulfonamides is 1. The molecule has 1 aliphatic heterocycles. The standard InChI is InChI=1S/C31H28FN3O5S2/c1-18-29(31(36)37)34-30(41-18)24-14-26(23-4-2-3-19(11-23)7-8-22-16-40-17-22)35(27(24)13-20-5-6-20)15-21-9-10-28(25(32)12-21)42(33,38)39/h2-4,9-12,14,20,22H,5-6,13,15-17H2,1H3,(H,36,37)(H2,33,38,39). The van der Waals surface area contributed by atoms with Gasteiger partial charge in [0.25, 0.3) is 0 Å². The van der Waals surface area contributed by atoms with E-state index < -0.39 is 26.7 Å². The largest absolute Gasteiger partial charge is 0.476 e. The van der Waals surface area contributed by atoms with Gasteiger partial charge in [-0.3, -0.25) is 0 Å². The maximum absolute atomic E-state index is 14.9. The van der Waals surface area contributed by atoms with Crippen LogP contribution >= 0.6 is 11.3 Å². The van der Waals surface area contributed by atoms with Gasteiger partial charge in [-0.05, 0) is 73.6 Å². The SMILES string of the molecule is Cc1sc(-c2cc(-c3cccc(C#CC4COC4)c3)n(Cc3ccc(S(N)(=O)=O)c(F)c3)c2CC2CC2)nc1C(=O)O. The second kappa shape index (κ2) is 11.1. The summed E-state index contributed by atoms with van der Waals surface area (Å²) in [6, 6.07) is 13.8. The number of nitrogens with zero attached hydrogens (tertiary/aromatic N) is 2. The van der Waals surface area contributed by atoms with Crippen molar-refractivity contribution in [3.8, 4) is 33.7 Å². The number of hydrogen-bond acceptors (Lipinski definition) is 6. The lowest BCUT2D eigenvalue weighted by atomic mass is 10.1. The Hall–Kier alpha value is -3.82. The fourth-order valence-corrected chi connectivity index (χ4v) is 6.57. The second-order valence-electron chi connectivity index (χ2n) is 10.7. The van der Waals surface area contributed by atoms with Crippen molar-refractivity contribution in [2.24, 2.45) is 17.0 Å². The van der Waals surface area contributed by atoms with Gasteiger partial charge in [-0.15, -0.1) is 11.3 Å². The molecular formula is C31H28FN3O5S2. The number of rotatable bonds is 8. The summed E-state index contributed by atoms with van der Waals surface area (Å²) < 4.78 is 45.8. The molecule has 1 saturated carbocycles. The molecule has 2 aromatic heterocycles. The van der Waals surface area contributed by atoms with Gasteiger partial charge in [-0.25, -0.2) is 27.7 Å². The van der Waals surface area contributed by atoms with Gasteiger partial charge in [-0.2, -0.15) is 0 Å². The van der Waals surface area contributed by atoms with Crippen LogP contribution in [0.4, 0.5) is 4.39 Å². The molecule has 4 aromatic rings. The van der Waals surface area contributed by atoms with Crippen LogP contribution in [0.1, 0.15) is 45.0 Å². The van der Waals surface area contributed by atoms with Crippen LogP contribution < -0.4 is 5.14 Å². The molecule has 0 amide bonds. The van der Waals surface area contributed by atoms with Crippen molar-refractivity contribution in [3.63, 3.8) is 0 Å². The lowest BCUT2D eigenvalue weighted by molar-refractivity contribution is -0.00300. The number of benzene rings is 2. The summed E-state index contributed by atoms with van der Waals surface area (Å²) in [7, 11) is -4.20. The summed E-state index contributed by atoms with van der Waals surface area (Å²) in [5, 5.41) is 15.5. The number of thiazole rings is 1. The van der Waals surface area contributed by atoms with Crippen molar-refractivity contribution in [1.82, 2.24) is 9.55 Å². The minimum Gasteiger partial charge on any atom is -0.476 e. The van der Waals surface area contributed by atoms with Crippen LogP contribution in [0.3, 0.4) is 0 Å². The maximum Gasteiger partial charge on any atom is 0.355 e. The van der Waals surface area contributed by atoms with Gasteiger partial charge in [0.05, 0.1) is 19.1 Å². The number of aromatic carboxylic acids is 1. The number of halogens is 1. The number of aryl methyl sites for hydroxylation is 1. The van der Waals surface area contributed by atoms with E-state index in [9.17, 15) is 22.7 Å². The summed E-state index contributed by atoms with van der Waals surface area (Å²) in [4.78, 5) is 16.4. The first-order chi connectivity index (χ1) is 20.1. The number of nitrogens with two attached hydrogens (primary N) is 1. The minimum absolute atomic E-state index is 0.0274. The van der Waals surface area contributed by atoms with Crippen molar-refractivity contribution in [2.45, 2.75) is 37.6 Å². The highest BCUT2D eigenvalue weighted by molar-refractivity contribution is 7.89. The average molecular weight is 606 g/mol. The van der Waals surface area contributed by atoms with Crippen LogP contribution in [-0.4, -0.2) is 42.3 Å². The van der Waals surface area contributed by atoms with Crippen molar-refractivity contribution in [2.75, 3.05) is 13.2 Å². The molecule has 3 heterocycles. The first-order valence-corrected chi connectivity index (χ1v) is 15.9. The van der Waals surface area contributed by atoms with Gasteiger partial charge in [0, 0.05) is 33.9 Å². The van der Waals surface area contributed by atoms with Gasteiger partial charge in [0.2, 0.25) is 10.0 Å². The number of ether oxygens (including phenoxy) is 1. The smallest absolute Gasteiger partial charge is 0.355 e. The van der Waals surface area contributed by atoms with E-state index in [2.05, 4.69) is 21.4 Å². The van der Waals surface area contributed by atoms with Gasteiger partial charge >= 0.3 is 5.97 Å². The second-order valence-corrected chi connectivity index (χ2v) is 13.5. The third kappa shape index (κ3) is 5.89. The Morgan fingerprint density at radius 1 is 1.21 bits per heavy atom. The van der Waals surface area contributed by atoms with Crippen molar-refractivity contribution >= 4 is 27.3 Å². The normalized spacial score (nSPS) is 15.2. The van der Waals surface area contributed by atoms with Crippen LogP contribution in [0, 0.1) is 36.4 Å². The van der Waals surface area contributed by atoms with E-state index in [0.717, 1.165) is 47.3 Å². The van der Waals surface area contributed by atoms with E-state index in [1.54, 1.807) is 13.0 Å². The molecule has 2 fully saturated rings. The highest BCUT2D eigenvalue weighted by atomic mass is 32.2. The molecule has 0 spiro atoms. The van der Waals surface area contributed by atoms with Crippen LogP contribution in [0.15, 0.2) is 53.4 Å². The molecule has 216 valence electrons. The van der Waals surface area contributed by atoms with Gasteiger partial charge < -0.3 is 14.4 Å². The summed E-state index contributed by atoms with van der Waals surface area (Å²) in [5.74, 6) is 5.20. The van der Waals surface area contributed by atoms with Gasteiger partial charge in [-0.1, -0.05) is 30.0 Å². The summed E-state index contributed by atoms with van der Waals surface area (Å²) >= 11 is 1.33. The molecule has 8 nitrogen and oxygen atoms in total. The predicted molar refractivity (Wildman–Crippen MR) is 157 cm³/mol. The zero-order chi connectivity index (χ0) is 29.6. The molecule has 6 rings (SSSR count). The Balaban J connectivity index is 1.50. The van der Waals surface area contributed by atoms with E-state index in [0.29, 0.717) is 34.6 Å². The Kier molecular flexibility index (Phi) is 7.49. The van der Waals surface area contributed by atoms with E-state index in [4.69, 9.17) is 9.88 Å². The molecule has 0 bridgehead atoms. The molecule has 0 radical (unpaired) electrons. The zero-order valence-corrected chi connectivity index (χ0v) is 24.4. The number of sulfonamides is 1. The number of aromatic nitrogens is 2. The number of hydrogen-bond donors (Lipinski definition) is 2. The first kappa shape index (κ1) is 28.3. The number of carboxylic acids is 1. The monoisotopic (exact) mass is 605 g/mol. The third-order valence-electron chi connectivity index (χ3n) is 7.48. The van der Waals surface area contributed by atoms with Crippen molar-refractivity contribution in [3.05, 3.63) is 81.7 Å². The summed E-state index contributed by atoms with van der Waals surface area (Å²) in [6.45, 7) is 3.27. The first-order valence-electron chi connectivity index (χ1n) is 13.5. The molecule has 42 heavy (non-hydrogen) atoms. The molecule has 0 atom stereocenters. The molecule has 2 aliphatic rings. The lowest BCUT2D eigenvalue weighted by Crippen LogP contribution is -2.25. The number of carbonyl (C=O) groups is 1. The maximum atomic E-state index is 14.9. The van der Waals surface area contributed by atoms with Crippen LogP contribution in [-0.2, 0) is 27.7 Å². The third-order valence-corrected chi connectivity index (χ3v) is 9.43. The Morgan fingerprint density at radius 2 is 2.00 bits per heavy atom. The van der Waals surface area contributed by atoms with E-state index >= 15 is 0 Å². The molecule has 3 N–H and O–H groups in total. The molecule has 2 aromatic carbocycles. The van der Waals surface area contributed by atoms with Crippen LogP contribution in [0.25, 0.3) is 21.8 Å². The Morgan fingerprint density at radius 3 is 2.62 bits per heavy atom. The topological polar surface area (TPSA) is 125 Å². The summed E-state index contributed by atoms with van der Waals surface area (Å²) in [6.07, 6.45) is 2.92. The average Bonchev–Trinajstić information content (AvgIpc) is 3.54. The molecular weight excluding hydrogens is 577 g/mol. The van der Waals surface area contributed by atoms with Crippen LogP contribution in [0.5, 0.6) is 0 Å². The van der Waals surface area contributed by atoms with Crippen LogP contribution in [0.2, 0.25) is 0 Å². The lowest BCUT2D eigenvalue weighted by Gasteiger charge is -2.20. The molecule has 1 aliphatic carbocycles. The fraction of sp³-hybridized carbons (Fsp3) is 0.290. The molecule has 0 unspecified atom stereocenters.